The highest BCUT2D eigenvalue weighted by molar-refractivity contribution is 5.79. The smallest absolute Gasteiger partial charge is 0.223 e. The minimum atomic E-state index is -0.177. The van der Waals surface area contributed by atoms with Crippen LogP contribution in [0.5, 0.6) is 0 Å². The van der Waals surface area contributed by atoms with Crippen LogP contribution in [0.3, 0.4) is 0 Å². The largest absolute Gasteiger partial charge is 0.347 e. The fraction of sp³-hybridized carbons (Fsp3) is 0.346. The van der Waals surface area contributed by atoms with Crippen LogP contribution in [-0.2, 0) is 11.2 Å². The minimum absolute atomic E-state index is 0.0597. The van der Waals surface area contributed by atoms with Gasteiger partial charge in [0.15, 0.2) is 0 Å². The van der Waals surface area contributed by atoms with Crippen LogP contribution in [0.25, 0.3) is 11.1 Å². The molecule has 1 saturated carbocycles. The zero-order valence-electron chi connectivity index (χ0n) is 17.8. The molecule has 1 aliphatic rings. The summed E-state index contributed by atoms with van der Waals surface area (Å²) >= 11 is 0. The number of benzene rings is 1. The number of hydrogen-bond acceptors (Lipinski definition) is 4. The quantitative estimate of drug-likeness (QED) is 0.604. The predicted molar refractivity (Wildman–Crippen MR) is 123 cm³/mol. The number of carbonyl (C=O) groups excluding carboxylic acids is 1. The summed E-state index contributed by atoms with van der Waals surface area (Å²) in [6.07, 6.45) is 10.00. The molecule has 1 atom stereocenters. The van der Waals surface area contributed by atoms with Crippen LogP contribution in [0.1, 0.15) is 43.0 Å². The second kappa shape index (κ2) is 10.3. The van der Waals surface area contributed by atoms with E-state index in [-0.39, 0.29) is 17.9 Å². The monoisotopic (exact) mass is 414 g/mol. The molecule has 5 heteroatoms. The number of aromatic nitrogens is 2. The molecule has 1 aliphatic carbocycles. The van der Waals surface area contributed by atoms with Crippen molar-refractivity contribution in [2.24, 2.45) is 17.6 Å². The molecular formula is C26H30N4O. The summed E-state index contributed by atoms with van der Waals surface area (Å²) in [6.45, 7) is 0.719. The van der Waals surface area contributed by atoms with Crippen molar-refractivity contribution in [1.82, 2.24) is 15.3 Å². The Morgan fingerprint density at radius 1 is 0.968 bits per heavy atom. The van der Waals surface area contributed by atoms with Crippen molar-refractivity contribution in [3.05, 3.63) is 84.4 Å². The number of carbonyl (C=O) groups is 1. The highest BCUT2D eigenvalue weighted by atomic mass is 16.1. The van der Waals surface area contributed by atoms with E-state index in [0.717, 1.165) is 49.0 Å². The summed E-state index contributed by atoms with van der Waals surface area (Å²) in [5.74, 6) is 0.750. The molecule has 0 saturated heterocycles. The van der Waals surface area contributed by atoms with Crippen molar-refractivity contribution < 1.29 is 4.79 Å². The number of nitrogens with zero attached hydrogens (tertiary/aromatic N) is 2. The van der Waals surface area contributed by atoms with Gasteiger partial charge in [-0.15, -0.1) is 0 Å². The zero-order chi connectivity index (χ0) is 21.5. The fourth-order valence-electron chi connectivity index (χ4n) is 4.39. The SMILES string of the molecule is NCC1CCC(C(=O)NC(Cc2ccccc2)c2cc(-c3ccncc3)ccn2)CC1. The van der Waals surface area contributed by atoms with E-state index in [4.69, 9.17) is 5.73 Å². The molecule has 3 aromatic rings. The summed E-state index contributed by atoms with van der Waals surface area (Å²) in [5.41, 5.74) is 10.0. The molecule has 160 valence electrons. The molecule has 1 amide bonds. The van der Waals surface area contributed by atoms with Crippen LogP contribution in [-0.4, -0.2) is 22.4 Å². The first-order chi connectivity index (χ1) is 15.2. The van der Waals surface area contributed by atoms with E-state index in [1.54, 1.807) is 12.4 Å². The van der Waals surface area contributed by atoms with Crippen LogP contribution in [0.2, 0.25) is 0 Å². The lowest BCUT2D eigenvalue weighted by Crippen LogP contribution is -2.37. The van der Waals surface area contributed by atoms with Gasteiger partial charge >= 0.3 is 0 Å². The van der Waals surface area contributed by atoms with Gasteiger partial charge in [0.2, 0.25) is 5.91 Å². The molecule has 0 spiro atoms. The first-order valence-corrected chi connectivity index (χ1v) is 11.1. The lowest BCUT2D eigenvalue weighted by molar-refractivity contribution is -0.127. The van der Waals surface area contributed by atoms with Gasteiger partial charge in [0.05, 0.1) is 11.7 Å². The van der Waals surface area contributed by atoms with Crippen molar-refractivity contribution in [2.75, 3.05) is 6.54 Å². The van der Waals surface area contributed by atoms with E-state index < -0.39 is 0 Å². The summed E-state index contributed by atoms with van der Waals surface area (Å²) < 4.78 is 0. The Balaban J connectivity index is 1.55. The predicted octanol–water partition coefficient (Wildman–Crippen LogP) is 4.31. The van der Waals surface area contributed by atoms with Crippen LogP contribution in [0.4, 0.5) is 0 Å². The normalized spacial score (nSPS) is 19.5. The van der Waals surface area contributed by atoms with Crippen molar-refractivity contribution in [1.29, 1.82) is 0 Å². The first kappa shape index (κ1) is 21.2. The molecule has 2 aromatic heterocycles. The molecule has 4 rings (SSSR count). The van der Waals surface area contributed by atoms with E-state index in [0.29, 0.717) is 12.3 Å². The van der Waals surface area contributed by atoms with Gasteiger partial charge < -0.3 is 11.1 Å². The van der Waals surface area contributed by atoms with Gasteiger partial charge in [-0.2, -0.15) is 0 Å². The van der Waals surface area contributed by atoms with Crippen LogP contribution < -0.4 is 11.1 Å². The minimum Gasteiger partial charge on any atom is -0.347 e. The number of nitrogens with one attached hydrogen (secondary N) is 1. The van der Waals surface area contributed by atoms with Gasteiger partial charge in [0, 0.05) is 24.5 Å². The second-order valence-electron chi connectivity index (χ2n) is 8.41. The third kappa shape index (κ3) is 5.56. The highest BCUT2D eigenvalue weighted by Gasteiger charge is 2.28. The number of rotatable bonds is 7. The van der Waals surface area contributed by atoms with Crippen molar-refractivity contribution >= 4 is 5.91 Å². The first-order valence-electron chi connectivity index (χ1n) is 11.1. The summed E-state index contributed by atoms with van der Waals surface area (Å²) in [7, 11) is 0. The fourth-order valence-corrected chi connectivity index (χ4v) is 4.39. The van der Waals surface area contributed by atoms with Crippen LogP contribution in [0, 0.1) is 11.8 Å². The van der Waals surface area contributed by atoms with Crippen molar-refractivity contribution in [3.63, 3.8) is 0 Å². The maximum Gasteiger partial charge on any atom is 0.223 e. The number of pyridine rings is 2. The number of amides is 1. The van der Waals surface area contributed by atoms with E-state index in [1.165, 1.54) is 5.56 Å². The van der Waals surface area contributed by atoms with Gasteiger partial charge in [-0.25, -0.2) is 0 Å². The third-order valence-corrected chi connectivity index (χ3v) is 6.30. The molecule has 1 unspecified atom stereocenters. The summed E-state index contributed by atoms with van der Waals surface area (Å²) in [4.78, 5) is 21.9. The molecule has 3 N–H and O–H groups in total. The Kier molecular flexibility index (Phi) is 7.05. The summed E-state index contributed by atoms with van der Waals surface area (Å²) in [5, 5.41) is 3.32. The lowest BCUT2D eigenvalue weighted by Gasteiger charge is -2.28. The van der Waals surface area contributed by atoms with Gasteiger partial charge in [0.1, 0.15) is 0 Å². The van der Waals surface area contributed by atoms with Crippen LogP contribution in [0.15, 0.2) is 73.2 Å². The maximum absolute atomic E-state index is 13.1. The number of hydrogen-bond donors (Lipinski definition) is 2. The highest BCUT2D eigenvalue weighted by Crippen LogP contribution is 2.30. The Bertz CT molecular complexity index is 969. The number of nitrogens with two attached hydrogens (primary N) is 1. The average Bonchev–Trinajstić information content (AvgIpc) is 2.85. The molecule has 1 aromatic carbocycles. The maximum atomic E-state index is 13.1. The molecule has 0 radical (unpaired) electrons. The van der Waals surface area contributed by atoms with Crippen molar-refractivity contribution in [3.8, 4) is 11.1 Å². The Morgan fingerprint density at radius 3 is 2.39 bits per heavy atom. The molecule has 1 fully saturated rings. The topological polar surface area (TPSA) is 80.9 Å². The Morgan fingerprint density at radius 2 is 1.68 bits per heavy atom. The molecule has 2 heterocycles. The second-order valence-corrected chi connectivity index (χ2v) is 8.41. The standard InChI is InChI=1S/C26H30N4O/c27-18-20-6-8-22(9-7-20)26(31)30-25(16-19-4-2-1-3-5-19)24-17-23(12-15-29-24)21-10-13-28-14-11-21/h1-5,10-15,17,20,22,25H,6-9,16,18,27H2,(H,30,31). The average molecular weight is 415 g/mol. The third-order valence-electron chi connectivity index (χ3n) is 6.30. The van der Waals surface area contributed by atoms with E-state index in [9.17, 15) is 4.79 Å². The summed E-state index contributed by atoms with van der Waals surface area (Å²) in [6, 6.07) is 18.1. The van der Waals surface area contributed by atoms with Crippen molar-refractivity contribution in [2.45, 2.75) is 38.1 Å². The van der Waals surface area contributed by atoms with E-state index in [2.05, 4.69) is 33.5 Å². The van der Waals surface area contributed by atoms with Gasteiger partial charge in [-0.1, -0.05) is 30.3 Å². The van der Waals surface area contributed by atoms with E-state index >= 15 is 0 Å². The van der Waals surface area contributed by atoms with Gasteiger partial charge in [0.25, 0.3) is 0 Å². The molecule has 0 aliphatic heterocycles. The van der Waals surface area contributed by atoms with Crippen LogP contribution >= 0.6 is 0 Å². The van der Waals surface area contributed by atoms with Gasteiger partial charge in [-0.05, 0) is 85.5 Å². The Labute approximate surface area is 184 Å². The molecule has 5 nitrogen and oxygen atoms in total. The zero-order valence-corrected chi connectivity index (χ0v) is 17.8. The lowest BCUT2D eigenvalue weighted by atomic mass is 9.81. The molecule has 31 heavy (non-hydrogen) atoms. The Hall–Kier alpha value is -3.05. The van der Waals surface area contributed by atoms with Gasteiger partial charge in [-0.3, -0.25) is 14.8 Å². The molecule has 0 bridgehead atoms. The molecular weight excluding hydrogens is 384 g/mol. The van der Waals surface area contributed by atoms with E-state index in [1.807, 2.05) is 42.6 Å².